The Labute approximate surface area is 124 Å². The molecule has 0 aliphatic carbocycles. The van der Waals surface area contributed by atoms with Crippen LogP contribution < -0.4 is 10.5 Å². The van der Waals surface area contributed by atoms with Gasteiger partial charge in [-0.2, -0.15) is 17.2 Å². The Kier molecular flexibility index (Phi) is 4.63. The molecule has 112 valence electrons. The van der Waals surface area contributed by atoms with Crippen molar-refractivity contribution < 1.29 is 17.2 Å². The molecule has 21 heavy (non-hydrogen) atoms. The highest BCUT2D eigenvalue weighted by molar-refractivity contribution is 7.99. The van der Waals surface area contributed by atoms with Crippen LogP contribution in [0.15, 0.2) is 52.5 Å². The van der Waals surface area contributed by atoms with E-state index in [4.69, 9.17) is 5.73 Å². The Bertz CT molecular complexity index is 739. The Morgan fingerprint density at radius 3 is 2.57 bits per heavy atom. The molecule has 3 N–H and O–H groups in total. The number of nitrogens with two attached hydrogens (primary N) is 1. The SMILES string of the molecule is Nc1cccnc1S(=O)(=O)Nc1ccccc1SC(F)F. The molecule has 2 aromatic rings. The molecule has 0 bridgehead atoms. The summed E-state index contributed by atoms with van der Waals surface area (Å²) in [7, 11) is -4.05. The predicted octanol–water partition coefficient (Wildman–Crippen LogP) is 2.78. The van der Waals surface area contributed by atoms with Gasteiger partial charge in [0.15, 0.2) is 5.03 Å². The van der Waals surface area contributed by atoms with E-state index in [2.05, 4.69) is 9.71 Å². The lowest BCUT2D eigenvalue weighted by Gasteiger charge is -2.12. The summed E-state index contributed by atoms with van der Waals surface area (Å²) in [5.74, 6) is -2.66. The number of nitrogen functional groups attached to an aromatic ring is 1. The van der Waals surface area contributed by atoms with Crippen LogP contribution in [0.5, 0.6) is 0 Å². The van der Waals surface area contributed by atoms with E-state index in [9.17, 15) is 17.2 Å². The second-order valence-electron chi connectivity index (χ2n) is 3.88. The molecular weight excluding hydrogens is 320 g/mol. The minimum Gasteiger partial charge on any atom is -0.396 e. The van der Waals surface area contributed by atoms with E-state index in [1.807, 2.05) is 0 Å². The number of aromatic nitrogens is 1. The quantitative estimate of drug-likeness (QED) is 0.823. The Balaban J connectivity index is 2.36. The van der Waals surface area contributed by atoms with Crippen LogP contribution >= 0.6 is 11.8 Å². The zero-order valence-electron chi connectivity index (χ0n) is 10.5. The number of anilines is 2. The van der Waals surface area contributed by atoms with Gasteiger partial charge in [-0.15, -0.1) is 0 Å². The van der Waals surface area contributed by atoms with Crippen molar-refractivity contribution in [2.75, 3.05) is 10.5 Å². The third-order valence-electron chi connectivity index (χ3n) is 2.40. The molecule has 0 aliphatic heterocycles. The monoisotopic (exact) mass is 331 g/mol. The molecule has 2 rings (SSSR count). The van der Waals surface area contributed by atoms with E-state index in [0.29, 0.717) is 0 Å². The molecule has 0 fully saturated rings. The molecule has 0 unspecified atom stereocenters. The molecule has 0 radical (unpaired) electrons. The average molecular weight is 331 g/mol. The minimum absolute atomic E-state index is 0.0241. The van der Waals surface area contributed by atoms with Crippen molar-refractivity contribution in [2.24, 2.45) is 0 Å². The van der Waals surface area contributed by atoms with Crippen LogP contribution in [0.4, 0.5) is 20.2 Å². The molecule has 5 nitrogen and oxygen atoms in total. The van der Waals surface area contributed by atoms with Crippen molar-refractivity contribution in [3.05, 3.63) is 42.6 Å². The third-order valence-corrected chi connectivity index (χ3v) is 4.53. The standard InChI is InChI=1S/C12H11F2N3O2S2/c13-12(14)20-10-6-2-1-5-9(10)17-21(18,19)11-8(15)4-3-7-16-11/h1-7,12,17H,15H2. The number of nitrogens with zero attached hydrogens (tertiary/aromatic N) is 1. The number of rotatable bonds is 5. The van der Waals surface area contributed by atoms with E-state index >= 15 is 0 Å². The molecule has 0 saturated heterocycles. The normalized spacial score (nSPS) is 11.6. The van der Waals surface area contributed by atoms with Crippen LogP contribution in [-0.2, 0) is 10.0 Å². The second-order valence-corrected chi connectivity index (χ2v) is 6.51. The largest absolute Gasteiger partial charge is 0.396 e. The predicted molar refractivity (Wildman–Crippen MR) is 77.8 cm³/mol. The molecule has 0 amide bonds. The lowest BCUT2D eigenvalue weighted by Crippen LogP contribution is -2.16. The summed E-state index contributed by atoms with van der Waals surface area (Å²) in [4.78, 5) is 3.82. The van der Waals surface area contributed by atoms with Crippen LogP contribution in [-0.4, -0.2) is 19.2 Å². The fourth-order valence-corrected chi connectivity index (χ4v) is 3.37. The number of benzene rings is 1. The highest BCUT2D eigenvalue weighted by Gasteiger charge is 2.21. The van der Waals surface area contributed by atoms with Crippen molar-refractivity contribution in [1.82, 2.24) is 4.98 Å². The van der Waals surface area contributed by atoms with Gasteiger partial charge in [0.05, 0.1) is 11.4 Å². The lowest BCUT2D eigenvalue weighted by atomic mass is 10.3. The van der Waals surface area contributed by atoms with E-state index in [-0.39, 0.29) is 33.1 Å². The molecule has 0 saturated carbocycles. The van der Waals surface area contributed by atoms with Gasteiger partial charge in [0.1, 0.15) is 0 Å². The molecule has 9 heteroatoms. The van der Waals surface area contributed by atoms with Crippen molar-refractivity contribution in [1.29, 1.82) is 0 Å². The molecule has 0 atom stereocenters. The first kappa shape index (κ1) is 15.5. The number of halogens is 2. The van der Waals surface area contributed by atoms with Crippen LogP contribution in [0.2, 0.25) is 0 Å². The topological polar surface area (TPSA) is 85.1 Å². The van der Waals surface area contributed by atoms with E-state index in [0.717, 1.165) is 0 Å². The van der Waals surface area contributed by atoms with Crippen molar-refractivity contribution >= 4 is 33.2 Å². The number of nitrogens with one attached hydrogen (secondary N) is 1. The zero-order chi connectivity index (χ0) is 15.5. The van der Waals surface area contributed by atoms with Crippen molar-refractivity contribution in [2.45, 2.75) is 15.7 Å². The maximum absolute atomic E-state index is 12.5. The van der Waals surface area contributed by atoms with Crippen LogP contribution in [0.1, 0.15) is 0 Å². The summed E-state index contributed by atoms with van der Waals surface area (Å²) >= 11 is 0.253. The number of hydrogen-bond acceptors (Lipinski definition) is 5. The smallest absolute Gasteiger partial charge is 0.288 e. The zero-order valence-corrected chi connectivity index (χ0v) is 12.2. The summed E-state index contributed by atoms with van der Waals surface area (Å²) in [6.45, 7) is 0. The maximum atomic E-state index is 12.5. The number of para-hydroxylation sites is 1. The number of thioether (sulfide) groups is 1. The molecular formula is C12H11F2N3O2S2. The molecule has 1 aromatic heterocycles. The van der Waals surface area contributed by atoms with Gasteiger partial charge in [-0.3, -0.25) is 4.72 Å². The number of alkyl halides is 2. The summed E-state index contributed by atoms with van der Waals surface area (Å²) in [5.41, 5.74) is 5.60. The summed E-state index contributed by atoms with van der Waals surface area (Å²) in [6.07, 6.45) is 1.28. The van der Waals surface area contributed by atoms with E-state index < -0.39 is 15.8 Å². The fraction of sp³-hybridized carbons (Fsp3) is 0.0833. The summed E-state index contributed by atoms with van der Waals surface area (Å²) in [5, 5.41) is -0.346. The van der Waals surface area contributed by atoms with E-state index in [1.54, 1.807) is 0 Å². The fourth-order valence-electron chi connectivity index (χ4n) is 1.57. The first-order valence-corrected chi connectivity index (χ1v) is 8.03. The first-order valence-electron chi connectivity index (χ1n) is 5.67. The van der Waals surface area contributed by atoms with Gasteiger partial charge in [-0.1, -0.05) is 23.9 Å². The number of pyridine rings is 1. The van der Waals surface area contributed by atoms with Gasteiger partial charge in [-0.25, -0.2) is 4.98 Å². The molecule has 1 aromatic carbocycles. The van der Waals surface area contributed by atoms with Crippen LogP contribution in [0.25, 0.3) is 0 Å². The van der Waals surface area contributed by atoms with Gasteiger partial charge in [-0.05, 0) is 24.3 Å². The average Bonchev–Trinajstić information content (AvgIpc) is 2.40. The Morgan fingerprint density at radius 2 is 1.90 bits per heavy atom. The highest BCUT2D eigenvalue weighted by atomic mass is 32.2. The van der Waals surface area contributed by atoms with Gasteiger partial charge >= 0.3 is 0 Å². The van der Waals surface area contributed by atoms with Crippen molar-refractivity contribution in [3.63, 3.8) is 0 Å². The van der Waals surface area contributed by atoms with E-state index in [1.165, 1.54) is 42.6 Å². The van der Waals surface area contributed by atoms with Gasteiger partial charge in [0.25, 0.3) is 15.8 Å². The highest BCUT2D eigenvalue weighted by Crippen LogP contribution is 2.33. The van der Waals surface area contributed by atoms with Crippen LogP contribution in [0.3, 0.4) is 0 Å². The maximum Gasteiger partial charge on any atom is 0.288 e. The summed E-state index contributed by atoms with van der Waals surface area (Å²) < 4.78 is 51.6. The van der Waals surface area contributed by atoms with Gasteiger partial charge in [0, 0.05) is 11.1 Å². The molecule has 0 spiro atoms. The third kappa shape index (κ3) is 3.82. The van der Waals surface area contributed by atoms with Gasteiger partial charge < -0.3 is 5.73 Å². The van der Waals surface area contributed by atoms with Crippen molar-refractivity contribution in [3.8, 4) is 0 Å². The Hall–Kier alpha value is -1.87. The first-order chi connectivity index (χ1) is 9.90. The minimum atomic E-state index is -4.05. The lowest BCUT2D eigenvalue weighted by molar-refractivity contribution is 0.252. The van der Waals surface area contributed by atoms with Crippen LogP contribution in [0, 0.1) is 0 Å². The molecule has 0 aliphatic rings. The number of sulfonamides is 1. The summed E-state index contributed by atoms with van der Waals surface area (Å²) in [6, 6.07) is 8.75. The number of hydrogen-bond donors (Lipinski definition) is 2. The van der Waals surface area contributed by atoms with Gasteiger partial charge in [0.2, 0.25) is 0 Å². The second kappa shape index (κ2) is 6.27. The Morgan fingerprint density at radius 1 is 1.19 bits per heavy atom. The molecule has 1 heterocycles.